The second kappa shape index (κ2) is 6.30. The van der Waals surface area contributed by atoms with Crippen LogP contribution < -0.4 is 10.5 Å². The number of esters is 1. The van der Waals surface area contributed by atoms with Gasteiger partial charge in [-0.2, -0.15) is 0 Å². The average Bonchev–Trinajstić information content (AvgIpc) is 2.48. The number of anilines is 1. The molecular weight excluding hydrogens is 278 g/mol. The number of methoxy groups -OCH3 is 1. The molecule has 0 heterocycles. The van der Waals surface area contributed by atoms with Crippen molar-refractivity contribution in [2.24, 2.45) is 0 Å². The summed E-state index contributed by atoms with van der Waals surface area (Å²) in [5.74, 6) is 0.148. The van der Waals surface area contributed by atoms with Crippen LogP contribution in [0.4, 0.5) is 5.69 Å². The molecule has 4 nitrogen and oxygen atoms in total. The van der Waals surface area contributed by atoms with Crippen LogP contribution in [0.2, 0.25) is 5.02 Å². The molecule has 5 heteroatoms. The van der Waals surface area contributed by atoms with Crippen LogP contribution in [0.3, 0.4) is 0 Å². The fourth-order valence-corrected chi connectivity index (χ4v) is 1.93. The van der Waals surface area contributed by atoms with E-state index in [4.69, 9.17) is 26.8 Å². The molecule has 0 aliphatic heterocycles. The minimum absolute atomic E-state index is 0.106. The van der Waals surface area contributed by atoms with Gasteiger partial charge in [-0.3, -0.25) is 0 Å². The monoisotopic (exact) mass is 291 g/mol. The highest BCUT2D eigenvalue weighted by Crippen LogP contribution is 2.24. The zero-order chi connectivity index (χ0) is 14.5. The first-order valence-corrected chi connectivity index (χ1v) is 6.34. The van der Waals surface area contributed by atoms with Gasteiger partial charge in [0, 0.05) is 5.56 Å². The Hall–Kier alpha value is -2.20. The summed E-state index contributed by atoms with van der Waals surface area (Å²) in [6.45, 7) is 0.106. The largest absolute Gasteiger partial charge is 0.496 e. The van der Waals surface area contributed by atoms with E-state index in [1.165, 1.54) is 0 Å². The van der Waals surface area contributed by atoms with E-state index in [9.17, 15) is 4.79 Å². The zero-order valence-corrected chi connectivity index (χ0v) is 11.7. The average molecular weight is 292 g/mol. The first-order chi connectivity index (χ1) is 9.63. The van der Waals surface area contributed by atoms with Gasteiger partial charge < -0.3 is 15.2 Å². The minimum Gasteiger partial charge on any atom is -0.496 e. The van der Waals surface area contributed by atoms with Crippen molar-refractivity contribution in [1.82, 2.24) is 0 Å². The number of carbonyl (C=O) groups excluding carboxylic acids is 1. The molecule has 0 bridgehead atoms. The first-order valence-electron chi connectivity index (χ1n) is 5.96. The van der Waals surface area contributed by atoms with E-state index in [2.05, 4.69) is 0 Å². The lowest BCUT2D eigenvalue weighted by molar-refractivity contribution is 0.0471. The van der Waals surface area contributed by atoms with Crippen molar-refractivity contribution in [2.45, 2.75) is 6.61 Å². The highest BCUT2D eigenvalue weighted by atomic mass is 35.5. The van der Waals surface area contributed by atoms with Crippen LogP contribution in [0, 0.1) is 0 Å². The van der Waals surface area contributed by atoms with Gasteiger partial charge in [-0.25, -0.2) is 4.79 Å². The summed E-state index contributed by atoms with van der Waals surface area (Å²) in [4.78, 5) is 12.0. The van der Waals surface area contributed by atoms with Gasteiger partial charge in [-0.05, 0) is 18.2 Å². The van der Waals surface area contributed by atoms with Gasteiger partial charge in [-0.15, -0.1) is 0 Å². The Morgan fingerprint density at radius 3 is 2.70 bits per heavy atom. The summed E-state index contributed by atoms with van der Waals surface area (Å²) in [5, 5.41) is 0.330. The van der Waals surface area contributed by atoms with Crippen molar-refractivity contribution < 1.29 is 14.3 Å². The number of ether oxygens (including phenoxy) is 2. The molecule has 2 N–H and O–H groups in total. The summed E-state index contributed by atoms with van der Waals surface area (Å²) in [5.41, 5.74) is 7.01. The summed E-state index contributed by atoms with van der Waals surface area (Å²) >= 11 is 5.87. The standard InChI is InChI=1S/C15H14ClNO3/c1-19-13-8-3-2-5-10(13)9-20-15(18)11-6-4-7-12(16)14(11)17/h2-8H,9,17H2,1H3. The second-order valence-corrected chi connectivity index (χ2v) is 4.50. The number of benzene rings is 2. The molecule has 0 aliphatic carbocycles. The number of hydrogen-bond acceptors (Lipinski definition) is 4. The lowest BCUT2D eigenvalue weighted by Gasteiger charge is -2.10. The second-order valence-electron chi connectivity index (χ2n) is 4.09. The fraction of sp³-hybridized carbons (Fsp3) is 0.133. The van der Waals surface area contributed by atoms with E-state index >= 15 is 0 Å². The van der Waals surface area contributed by atoms with Crippen LogP contribution in [0.25, 0.3) is 0 Å². The molecule has 0 atom stereocenters. The first kappa shape index (κ1) is 14.2. The van der Waals surface area contributed by atoms with Crippen molar-refractivity contribution in [3.8, 4) is 5.75 Å². The third kappa shape index (κ3) is 3.03. The number of carbonyl (C=O) groups is 1. The number of para-hydroxylation sites is 2. The Balaban J connectivity index is 2.11. The van der Waals surface area contributed by atoms with Gasteiger partial charge in [0.15, 0.2) is 0 Å². The zero-order valence-electron chi connectivity index (χ0n) is 10.9. The Kier molecular flexibility index (Phi) is 4.48. The van der Waals surface area contributed by atoms with E-state index in [0.29, 0.717) is 10.8 Å². The van der Waals surface area contributed by atoms with Crippen LogP contribution in [-0.4, -0.2) is 13.1 Å². The number of rotatable bonds is 4. The molecule has 0 saturated carbocycles. The van der Waals surface area contributed by atoms with Gasteiger partial charge in [0.25, 0.3) is 0 Å². The number of hydrogen-bond donors (Lipinski definition) is 1. The Morgan fingerprint density at radius 2 is 1.95 bits per heavy atom. The molecule has 2 aromatic rings. The third-order valence-corrected chi connectivity index (χ3v) is 3.15. The van der Waals surface area contributed by atoms with Gasteiger partial charge in [0.2, 0.25) is 0 Å². The molecule has 0 unspecified atom stereocenters. The maximum absolute atomic E-state index is 12.0. The summed E-state index contributed by atoms with van der Waals surface area (Å²) in [6, 6.07) is 12.2. The lowest BCUT2D eigenvalue weighted by Crippen LogP contribution is -2.09. The quantitative estimate of drug-likeness (QED) is 0.693. The summed E-state index contributed by atoms with van der Waals surface area (Å²) < 4.78 is 10.4. The molecule has 0 radical (unpaired) electrons. The van der Waals surface area contributed by atoms with Crippen LogP contribution in [-0.2, 0) is 11.3 Å². The molecule has 0 saturated heterocycles. The molecule has 0 aliphatic rings. The van der Waals surface area contributed by atoms with E-state index in [0.717, 1.165) is 5.56 Å². The Morgan fingerprint density at radius 1 is 1.20 bits per heavy atom. The highest BCUT2D eigenvalue weighted by Gasteiger charge is 2.14. The van der Waals surface area contributed by atoms with E-state index in [1.54, 1.807) is 31.4 Å². The lowest BCUT2D eigenvalue weighted by atomic mass is 10.2. The van der Waals surface area contributed by atoms with Gasteiger partial charge in [-0.1, -0.05) is 35.9 Å². The van der Waals surface area contributed by atoms with Gasteiger partial charge >= 0.3 is 5.97 Å². The molecular formula is C15H14ClNO3. The van der Waals surface area contributed by atoms with Crippen molar-refractivity contribution in [2.75, 3.05) is 12.8 Å². The Labute approximate surface area is 122 Å². The smallest absolute Gasteiger partial charge is 0.340 e. The van der Waals surface area contributed by atoms with Gasteiger partial charge in [0.1, 0.15) is 12.4 Å². The van der Waals surface area contributed by atoms with Crippen molar-refractivity contribution in [3.05, 3.63) is 58.6 Å². The maximum Gasteiger partial charge on any atom is 0.340 e. The topological polar surface area (TPSA) is 61.5 Å². The molecule has 2 rings (SSSR count). The maximum atomic E-state index is 12.0. The number of halogens is 1. The molecule has 0 fully saturated rings. The van der Waals surface area contributed by atoms with E-state index in [-0.39, 0.29) is 17.9 Å². The Bertz CT molecular complexity index is 628. The predicted octanol–water partition coefficient (Wildman–Crippen LogP) is 3.29. The molecule has 0 aromatic heterocycles. The predicted molar refractivity (Wildman–Crippen MR) is 78.0 cm³/mol. The van der Waals surface area contributed by atoms with Crippen LogP contribution in [0.15, 0.2) is 42.5 Å². The van der Waals surface area contributed by atoms with Crippen molar-refractivity contribution in [3.63, 3.8) is 0 Å². The van der Waals surface area contributed by atoms with Crippen LogP contribution in [0.1, 0.15) is 15.9 Å². The normalized spacial score (nSPS) is 10.1. The summed E-state index contributed by atoms with van der Waals surface area (Å²) in [6.07, 6.45) is 0. The molecule has 2 aromatic carbocycles. The SMILES string of the molecule is COc1ccccc1COC(=O)c1cccc(Cl)c1N. The summed E-state index contributed by atoms with van der Waals surface area (Å²) in [7, 11) is 1.57. The van der Waals surface area contributed by atoms with Crippen molar-refractivity contribution in [1.29, 1.82) is 0 Å². The molecule has 0 spiro atoms. The van der Waals surface area contributed by atoms with Crippen LogP contribution >= 0.6 is 11.6 Å². The highest BCUT2D eigenvalue weighted by molar-refractivity contribution is 6.33. The number of nitrogens with two attached hydrogens (primary N) is 1. The van der Waals surface area contributed by atoms with Crippen LogP contribution in [0.5, 0.6) is 5.75 Å². The van der Waals surface area contributed by atoms with Gasteiger partial charge in [0.05, 0.1) is 23.4 Å². The fourth-order valence-electron chi connectivity index (χ4n) is 1.76. The van der Waals surface area contributed by atoms with E-state index in [1.807, 2.05) is 18.2 Å². The minimum atomic E-state index is -0.518. The molecule has 0 amide bonds. The third-order valence-electron chi connectivity index (χ3n) is 2.82. The number of nitrogen functional groups attached to an aromatic ring is 1. The van der Waals surface area contributed by atoms with E-state index < -0.39 is 5.97 Å². The molecule has 20 heavy (non-hydrogen) atoms. The molecule has 104 valence electrons. The van der Waals surface area contributed by atoms with Crippen molar-refractivity contribution >= 4 is 23.3 Å².